The predicted octanol–water partition coefficient (Wildman–Crippen LogP) is 3.37. The molecule has 0 atom stereocenters. The second kappa shape index (κ2) is 2.57. The lowest BCUT2D eigenvalue weighted by Gasteiger charge is -1.89. The number of hydrogen-bond donors (Lipinski definition) is 0. The first-order valence-electron chi connectivity index (χ1n) is 3.27. The van der Waals surface area contributed by atoms with E-state index in [2.05, 4.69) is 33.9 Å². The molecule has 0 saturated heterocycles. The molecule has 0 aliphatic heterocycles. The molecule has 3 heteroatoms. The van der Waals surface area contributed by atoms with Gasteiger partial charge in [0.05, 0.1) is 4.70 Å². The lowest BCUT2D eigenvalue weighted by molar-refractivity contribution is 1.36. The number of pyridine rings is 1. The highest BCUT2D eigenvalue weighted by atomic mass is 79.9. The molecular weight excluding hydrogens is 222 g/mol. The van der Waals surface area contributed by atoms with Crippen LogP contribution in [-0.4, -0.2) is 4.98 Å². The number of thiophene rings is 1. The van der Waals surface area contributed by atoms with Gasteiger partial charge in [-0.3, -0.25) is 4.98 Å². The lowest BCUT2D eigenvalue weighted by atomic mass is 10.3. The van der Waals surface area contributed by atoms with Crippen molar-refractivity contribution in [3.05, 3.63) is 27.8 Å². The minimum Gasteiger partial charge on any atom is -0.262 e. The van der Waals surface area contributed by atoms with Crippen LogP contribution in [0.5, 0.6) is 0 Å². The van der Waals surface area contributed by atoms with E-state index in [9.17, 15) is 0 Å². The summed E-state index contributed by atoms with van der Waals surface area (Å²) in [7, 11) is 0. The standard InChI is InChI=1S/C8H6BrNS/c1-5-2-6-7(9)3-10-4-8(6)11-5/h2-4H,1H3. The Balaban J connectivity index is 2.90. The summed E-state index contributed by atoms with van der Waals surface area (Å²) < 4.78 is 2.33. The Kier molecular flexibility index (Phi) is 1.69. The zero-order chi connectivity index (χ0) is 7.84. The molecule has 0 aliphatic rings. The quantitative estimate of drug-likeness (QED) is 0.673. The van der Waals surface area contributed by atoms with Gasteiger partial charge in [-0.2, -0.15) is 0 Å². The first-order valence-corrected chi connectivity index (χ1v) is 4.88. The van der Waals surface area contributed by atoms with Gasteiger partial charge in [-0.1, -0.05) is 0 Å². The van der Waals surface area contributed by atoms with Crippen molar-refractivity contribution in [3.63, 3.8) is 0 Å². The Morgan fingerprint density at radius 1 is 1.45 bits per heavy atom. The molecule has 0 aromatic carbocycles. The molecule has 0 N–H and O–H groups in total. The normalized spacial score (nSPS) is 10.7. The lowest BCUT2D eigenvalue weighted by Crippen LogP contribution is -1.69. The smallest absolute Gasteiger partial charge is 0.0540 e. The summed E-state index contributed by atoms with van der Waals surface area (Å²) in [5.41, 5.74) is 0. The minimum atomic E-state index is 1.08. The van der Waals surface area contributed by atoms with E-state index in [-0.39, 0.29) is 0 Å². The van der Waals surface area contributed by atoms with Crippen LogP contribution in [0.25, 0.3) is 10.1 Å². The molecule has 0 aliphatic carbocycles. The van der Waals surface area contributed by atoms with Crippen LogP contribution in [0, 0.1) is 6.92 Å². The van der Waals surface area contributed by atoms with Gasteiger partial charge in [0.15, 0.2) is 0 Å². The first-order chi connectivity index (χ1) is 5.27. The van der Waals surface area contributed by atoms with Crippen molar-refractivity contribution >= 4 is 37.4 Å². The summed E-state index contributed by atoms with van der Waals surface area (Å²) in [6.45, 7) is 2.11. The molecular formula is C8H6BrNS. The van der Waals surface area contributed by atoms with Crippen LogP contribution >= 0.6 is 27.3 Å². The highest BCUT2D eigenvalue weighted by Gasteiger charge is 2.00. The Bertz CT molecular complexity index is 394. The molecule has 0 unspecified atom stereocenters. The minimum absolute atomic E-state index is 1.08. The number of halogens is 1. The molecule has 0 saturated carbocycles. The van der Waals surface area contributed by atoms with Gasteiger partial charge in [-0.15, -0.1) is 11.3 Å². The van der Waals surface area contributed by atoms with Gasteiger partial charge in [-0.05, 0) is 28.9 Å². The van der Waals surface area contributed by atoms with E-state index in [1.165, 1.54) is 15.0 Å². The molecule has 11 heavy (non-hydrogen) atoms. The highest BCUT2D eigenvalue weighted by molar-refractivity contribution is 9.10. The number of hydrogen-bond acceptors (Lipinski definition) is 2. The van der Waals surface area contributed by atoms with Crippen LogP contribution in [0.2, 0.25) is 0 Å². The van der Waals surface area contributed by atoms with Crippen LogP contribution < -0.4 is 0 Å². The Morgan fingerprint density at radius 2 is 2.27 bits per heavy atom. The SMILES string of the molecule is Cc1cc2c(Br)cncc2s1. The summed E-state index contributed by atoms with van der Waals surface area (Å²) in [5.74, 6) is 0. The van der Waals surface area contributed by atoms with Gasteiger partial charge >= 0.3 is 0 Å². The van der Waals surface area contributed by atoms with E-state index in [0.717, 1.165) is 4.47 Å². The van der Waals surface area contributed by atoms with E-state index >= 15 is 0 Å². The van der Waals surface area contributed by atoms with Crippen LogP contribution in [0.3, 0.4) is 0 Å². The Morgan fingerprint density at radius 3 is 3.00 bits per heavy atom. The van der Waals surface area contributed by atoms with Gasteiger partial charge in [-0.25, -0.2) is 0 Å². The molecule has 2 rings (SSSR count). The second-order valence-corrected chi connectivity index (χ2v) is 4.53. The predicted molar refractivity (Wildman–Crippen MR) is 52.1 cm³/mol. The van der Waals surface area contributed by atoms with Gasteiger partial charge < -0.3 is 0 Å². The van der Waals surface area contributed by atoms with Crippen molar-refractivity contribution < 1.29 is 0 Å². The van der Waals surface area contributed by atoms with Gasteiger partial charge in [0.2, 0.25) is 0 Å². The van der Waals surface area contributed by atoms with Gasteiger partial charge in [0, 0.05) is 27.1 Å². The zero-order valence-electron chi connectivity index (χ0n) is 5.97. The molecule has 1 nitrogen and oxygen atoms in total. The summed E-state index contributed by atoms with van der Waals surface area (Å²) in [6, 6.07) is 2.17. The summed E-state index contributed by atoms with van der Waals surface area (Å²) >= 11 is 5.23. The van der Waals surface area contributed by atoms with E-state index in [1.54, 1.807) is 11.3 Å². The van der Waals surface area contributed by atoms with Gasteiger partial charge in [0.1, 0.15) is 0 Å². The third kappa shape index (κ3) is 1.19. The van der Waals surface area contributed by atoms with Gasteiger partial charge in [0.25, 0.3) is 0 Å². The number of aromatic nitrogens is 1. The number of rotatable bonds is 0. The van der Waals surface area contributed by atoms with Crippen molar-refractivity contribution in [2.24, 2.45) is 0 Å². The van der Waals surface area contributed by atoms with Crippen molar-refractivity contribution in [2.45, 2.75) is 6.92 Å². The largest absolute Gasteiger partial charge is 0.262 e. The monoisotopic (exact) mass is 227 g/mol. The molecule has 0 radical (unpaired) electrons. The highest BCUT2D eigenvalue weighted by Crippen LogP contribution is 2.29. The fourth-order valence-corrected chi connectivity index (χ4v) is 2.55. The second-order valence-electron chi connectivity index (χ2n) is 2.39. The molecule has 2 aromatic heterocycles. The van der Waals surface area contributed by atoms with Crippen LogP contribution in [0.15, 0.2) is 22.9 Å². The fourth-order valence-electron chi connectivity index (χ4n) is 1.05. The summed E-state index contributed by atoms with van der Waals surface area (Å²) in [6.07, 6.45) is 3.73. The third-order valence-electron chi connectivity index (χ3n) is 1.52. The van der Waals surface area contributed by atoms with E-state index < -0.39 is 0 Å². The fraction of sp³-hybridized carbons (Fsp3) is 0.125. The molecule has 2 heterocycles. The zero-order valence-corrected chi connectivity index (χ0v) is 8.37. The van der Waals surface area contributed by atoms with E-state index in [4.69, 9.17) is 0 Å². The van der Waals surface area contributed by atoms with Crippen molar-refractivity contribution in [1.82, 2.24) is 4.98 Å². The maximum Gasteiger partial charge on any atom is 0.0540 e. The van der Waals surface area contributed by atoms with Crippen LogP contribution in [-0.2, 0) is 0 Å². The van der Waals surface area contributed by atoms with E-state index in [1.807, 2.05) is 12.4 Å². The van der Waals surface area contributed by atoms with Crippen molar-refractivity contribution in [1.29, 1.82) is 0 Å². The molecule has 0 spiro atoms. The molecule has 56 valence electrons. The molecule has 0 amide bonds. The maximum absolute atomic E-state index is 4.09. The third-order valence-corrected chi connectivity index (χ3v) is 3.14. The summed E-state index contributed by atoms with van der Waals surface area (Å²) in [4.78, 5) is 5.42. The number of fused-ring (bicyclic) bond motifs is 1. The number of nitrogens with zero attached hydrogens (tertiary/aromatic N) is 1. The average molecular weight is 228 g/mol. The first kappa shape index (κ1) is 7.25. The summed E-state index contributed by atoms with van der Waals surface area (Å²) in [5, 5.41) is 1.27. The Hall–Kier alpha value is -0.410. The van der Waals surface area contributed by atoms with Crippen molar-refractivity contribution in [2.75, 3.05) is 0 Å². The van der Waals surface area contributed by atoms with Crippen LogP contribution in [0.1, 0.15) is 4.88 Å². The molecule has 0 bridgehead atoms. The van der Waals surface area contributed by atoms with E-state index in [0.29, 0.717) is 0 Å². The Labute approximate surface area is 77.2 Å². The van der Waals surface area contributed by atoms with Crippen molar-refractivity contribution in [3.8, 4) is 0 Å². The maximum atomic E-state index is 4.09. The molecule has 2 aromatic rings. The number of aryl methyl sites for hydroxylation is 1. The topological polar surface area (TPSA) is 12.9 Å². The average Bonchev–Trinajstić information content (AvgIpc) is 2.31. The van der Waals surface area contributed by atoms with Crippen LogP contribution in [0.4, 0.5) is 0 Å². The molecule has 0 fully saturated rings.